The number of nitrogens with one attached hydrogen (secondary N) is 1. The smallest absolute Gasteiger partial charge is 0.237 e. The number of methoxy groups -OCH3 is 1. The van der Waals surface area contributed by atoms with Gasteiger partial charge in [-0.3, -0.25) is 4.79 Å². The van der Waals surface area contributed by atoms with Crippen molar-refractivity contribution >= 4 is 5.91 Å². The van der Waals surface area contributed by atoms with E-state index in [0.717, 1.165) is 28.9 Å². The molecule has 26 heavy (non-hydrogen) atoms. The van der Waals surface area contributed by atoms with Crippen molar-refractivity contribution < 1.29 is 14.3 Å². The molecule has 0 saturated heterocycles. The standard InChI is InChI=1S/C21H28N2O3/c1-16-9-10-18(20(13-16)26-12-6-11-25-2)15-23-21(24)19(22)14-17-7-4-3-5-8-17/h3-5,7-10,13,19H,6,11-12,14-15,22H2,1-2H3,(H,23,24)/t19-/m0/s1. The average Bonchev–Trinajstić information content (AvgIpc) is 2.65. The lowest BCUT2D eigenvalue weighted by atomic mass is 10.1. The molecule has 0 fully saturated rings. The normalized spacial score (nSPS) is 11.8. The van der Waals surface area contributed by atoms with Crippen LogP contribution in [0.15, 0.2) is 48.5 Å². The second kappa shape index (κ2) is 10.6. The van der Waals surface area contributed by atoms with Gasteiger partial charge in [0.2, 0.25) is 5.91 Å². The van der Waals surface area contributed by atoms with Gasteiger partial charge in [-0.15, -0.1) is 0 Å². The Morgan fingerprint density at radius 3 is 2.65 bits per heavy atom. The van der Waals surface area contributed by atoms with Crippen LogP contribution in [0, 0.1) is 6.92 Å². The molecule has 1 amide bonds. The Balaban J connectivity index is 1.90. The third-order valence-corrected chi connectivity index (χ3v) is 4.06. The van der Waals surface area contributed by atoms with Gasteiger partial charge in [0.05, 0.1) is 12.6 Å². The van der Waals surface area contributed by atoms with Crippen molar-refractivity contribution in [1.29, 1.82) is 0 Å². The molecular formula is C21H28N2O3. The van der Waals surface area contributed by atoms with Gasteiger partial charge in [-0.25, -0.2) is 0 Å². The summed E-state index contributed by atoms with van der Waals surface area (Å²) in [6, 6.07) is 15.2. The van der Waals surface area contributed by atoms with E-state index in [0.29, 0.717) is 26.2 Å². The molecule has 3 N–H and O–H groups in total. The number of amides is 1. The van der Waals surface area contributed by atoms with E-state index in [4.69, 9.17) is 15.2 Å². The molecule has 0 aromatic heterocycles. The fourth-order valence-corrected chi connectivity index (χ4v) is 2.60. The van der Waals surface area contributed by atoms with Crippen molar-refractivity contribution in [2.24, 2.45) is 5.73 Å². The number of carbonyl (C=O) groups is 1. The van der Waals surface area contributed by atoms with Gasteiger partial charge in [0.25, 0.3) is 0 Å². The minimum absolute atomic E-state index is 0.167. The lowest BCUT2D eigenvalue weighted by molar-refractivity contribution is -0.122. The number of carbonyl (C=O) groups excluding carboxylic acids is 1. The van der Waals surface area contributed by atoms with Crippen LogP contribution in [0.2, 0.25) is 0 Å². The summed E-state index contributed by atoms with van der Waals surface area (Å²) in [6.07, 6.45) is 1.33. The monoisotopic (exact) mass is 356 g/mol. The predicted octanol–water partition coefficient (Wildman–Crippen LogP) is 2.60. The van der Waals surface area contributed by atoms with E-state index in [2.05, 4.69) is 5.32 Å². The molecule has 5 nitrogen and oxygen atoms in total. The SMILES string of the molecule is COCCCOc1cc(C)ccc1CNC(=O)[C@@H](N)Cc1ccccc1. The zero-order valence-corrected chi connectivity index (χ0v) is 15.5. The van der Waals surface area contributed by atoms with Gasteiger partial charge in [0.15, 0.2) is 0 Å². The highest BCUT2D eigenvalue weighted by Crippen LogP contribution is 2.20. The summed E-state index contributed by atoms with van der Waals surface area (Å²) in [5, 5.41) is 2.91. The minimum atomic E-state index is -0.575. The molecule has 2 aromatic carbocycles. The first kappa shape index (κ1) is 19.9. The first-order valence-electron chi connectivity index (χ1n) is 8.88. The van der Waals surface area contributed by atoms with Gasteiger partial charge < -0.3 is 20.5 Å². The maximum absolute atomic E-state index is 12.3. The van der Waals surface area contributed by atoms with E-state index < -0.39 is 6.04 Å². The van der Waals surface area contributed by atoms with Crippen LogP contribution in [-0.2, 0) is 22.5 Å². The number of benzene rings is 2. The number of nitrogens with two attached hydrogens (primary N) is 1. The number of aryl methyl sites for hydroxylation is 1. The van der Waals surface area contributed by atoms with Gasteiger partial charge in [-0.2, -0.15) is 0 Å². The van der Waals surface area contributed by atoms with Gasteiger partial charge in [0, 0.05) is 32.2 Å². The van der Waals surface area contributed by atoms with Crippen LogP contribution in [0.1, 0.15) is 23.1 Å². The maximum Gasteiger partial charge on any atom is 0.237 e. The van der Waals surface area contributed by atoms with E-state index in [1.54, 1.807) is 7.11 Å². The highest BCUT2D eigenvalue weighted by atomic mass is 16.5. The number of hydrogen-bond donors (Lipinski definition) is 2. The predicted molar refractivity (Wildman–Crippen MR) is 103 cm³/mol. The third-order valence-electron chi connectivity index (χ3n) is 4.06. The minimum Gasteiger partial charge on any atom is -0.493 e. The zero-order chi connectivity index (χ0) is 18.8. The number of ether oxygens (including phenoxy) is 2. The molecule has 140 valence electrons. The molecule has 0 aliphatic rings. The molecule has 0 spiro atoms. The molecule has 2 aromatic rings. The van der Waals surface area contributed by atoms with Crippen LogP contribution in [0.25, 0.3) is 0 Å². The summed E-state index contributed by atoms with van der Waals surface area (Å²) < 4.78 is 10.9. The first-order valence-corrected chi connectivity index (χ1v) is 8.88. The van der Waals surface area contributed by atoms with Gasteiger partial charge >= 0.3 is 0 Å². The highest BCUT2D eigenvalue weighted by Gasteiger charge is 2.14. The summed E-state index contributed by atoms with van der Waals surface area (Å²) in [4.78, 5) is 12.3. The van der Waals surface area contributed by atoms with Crippen molar-refractivity contribution in [2.75, 3.05) is 20.3 Å². The van der Waals surface area contributed by atoms with Crippen LogP contribution >= 0.6 is 0 Å². The largest absolute Gasteiger partial charge is 0.493 e. The summed E-state index contributed by atoms with van der Waals surface area (Å²) in [6.45, 7) is 3.64. The van der Waals surface area contributed by atoms with E-state index in [1.807, 2.05) is 55.5 Å². The third kappa shape index (κ3) is 6.50. The fraction of sp³-hybridized carbons (Fsp3) is 0.381. The van der Waals surface area contributed by atoms with Crippen molar-refractivity contribution in [3.8, 4) is 5.75 Å². The molecule has 0 heterocycles. The Morgan fingerprint density at radius 1 is 1.15 bits per heavy atom. The molecule has 0 aliphatic heterocycles. The Kier molecular flexibility index (Phi) is 8.12. The molecule has 2 rings (SSSR count). The van der Waals surface area contributed by atoms with Crippen molar-refractivity contribution in [3.63, 3.8) is 0 Å². The summed E-state index contributed by atoms with van der Waals surface area (Å²) in [5.41, 5.74) is 9.13. The topological polar surface area (TPSA) is 73.6 Å². The Morgan fingerprint density at radius 2 is 1.92 bits per heavy atom. The van der Waals surface area contributed by atoms with Crippen LogP contribution < -0.4 is 15.8 Å². The second-order valence-electron chi connectivity index (χ2n) is 6.32. The van der Waals surface area contributed by atoms with Crippen molar-refractivity contribution in [3.05, 3.63) is 65.2 Å². The second-order valence-corrected chi connectivity index (χ2v) is 6.32. The summed E-state index contributed by atoms with van der Waals surface area (Å²) in [7, 11) is 1.67. The van der Waals surface area contributed by atoms with E-state index >= 15 is 0 Å². The molecule has 5 heteroatoms. The summed E-state index contributed by atoms with van der Waals surface area (Å²) >= 11 is 0. The lowest BCUT2D eigenvalue weighted by Gasteiger charge is -2.15. The van der Waals surface area contributed by atoms with Gasteiger partial charge in [0.1, 0.15) is 5.75 Å². The molecule has 0 aliphatic carbocycles. The molecule has 1 atom stereocenters. The van der Waals surface area contributed by atoms with Gasteiger partial charge in [-0.1, -0.05) is 42.5 Å². The Hall–Kier alpha value is -2.37. The average molecular weight is 356 g/mol. The fourth-order valence-electron chi connectivity index (χ4n) is 2.60. The van der Waals surface area contributed by atoms with Crippen LogP contribution in [0.3, 0.4) is 0 Å². The highest BCUT2D eigenvalue weighted by molar-refractivity contribution is 5.81. The van der Waals surface area contributed by atoms with E-state index in [1.165, 1.54) is 0 Å². The molecule has 0 unspecified atom stereocenters. The van der Waals surface area contributed by atoms with Crippen molar-refractivity contribution in [2.45, 2.75) is 32.4 Å². The van der Waals surface area contributed by atoms with Crippen LogP contribution in [0.5, 0.6) is 5.75 Å². The summed E-state index contributed by atoms with van der Waals surface area (Å²) in [5.74, 6) is 0.623. The van der Waals surface area contributed by atoms with Gasteiger partial charge in [-0.05, 0) is 30.5 Å². The molecule has 0 saturated carbocycles. The van der Waals surface area contributed by atoms with E-state index in [-0.39, 0.29) is 5.91 Å². The molecule has 0 radical (unpaired) electrons. The molecular weight excluding hydrogens is 328 g/mol. The number of rotatable bonds is 10. The first-order chi connectivity index (χ1) is 12.6. The van der Waals surface area contributed by atoms with Crippen LogP contribution in [0.4, 0.5) is 0 Å². The Bertz CT molecular complexity index is 689. The van der Waals surface area contributed by atoms with E-state index in [9.17, 15) is 4.79 Å². The Labute approximate surface area is 155 Å². The molecule has 0 bridgehead atoms. The van der Waals surface area contributed by atoms with Crippen molar-refractivity contribution in [1.82, 2.24) is 5.32 Å². The number of hydrogen-bond acceptors (Lipinski definition) is 4. The van der Waals surface area contributed by atoms with Crippen LogP contribution in [-0.4, -0.2) is 32.3 Å². The maximum atomic E-state index is 12.3. The quantitative estimate of drug-likeness (QED) is 0.642. The lowest BCUT2D eigenvalue weighted by Crippen LogP contribution is -2.41. The zero-order valence-electron chi connectivity index (χ0n) is 15.5.